The first-order valence-electron chi connectivity index (χ1n) is 3.38. The van der Waals surface area contributed by atoms with Crippen molar-refractivity contribution < 1.29 is 5.11 Å². The van der Waals surface area contributed by atoms with Crippen molar-refractivity contribution in [1.29, 1.82) is 0 Å². The van der Waals surface area contributed by atoms with Crippen LogP contribution in [0.4, 0.5) is 0 Å². The highest BCUT2D eigenvalue weighted by molar-refractivity contribution is 5.11. The van der Waals surface area contributed by atoms with E-state index in [1.165, 1.54) is 0 Å². The molecule has 0 aromatic heterocycles. The maximum Gasteiger partial charge on any atom is 0.0654 e. The normalized spacial score (nSPS) is 20.4. The van der Waals surface area contributed by atoms with Crippen LogP contribution in [0.3, 0.4) is 0 Å². The molecule has 0 spiro atoms. The van der Waals surface area contributed by atoms with Crippen LogP contribution >= 0.6 is 0 Å². The summed E-state index contributed by atoms with van der Waals surface area (Å²) in [4.78, 5) is 2.28. The van der Waals surface area contributed by atoms with Gasteiger partial charge >= 0.3 is 0 Å². The van der Waals surface area contributed by atoms with Gasteiger partial charge in [-0.1, -0.05) is 13.0 Å². The SMILES string of the molecule is CCN1CC=C(CO)C1. The highest BCUT2D eigenvalue weighted by Gasteiger charge is 2.09. The van der Waals surface area contributed by atoms with E-state index in [0.717, 1.165) is 25.2 Å². The fourth-order valence-electron chi connectivity index (χ4n) is 1.03. The zero-order chi connectivity index (χ0) is 6.69. The van der Waals surface area contributed by atoms with Crippen molar-refractivity contribution in [1.82, 2.24) is 4.90 Å². The van der Waals surface area contributed by atoms with Gasteiger partial charge in [0.15, 0.2) is 0 Å². The van der Waals surface area contributed by atoms with E-state index in [2.05, 4.69) is 17.9 Å². The van der Waals surface area contributed by atoms with E-state index < -0.39 is 0 Å². The Bertz CT molecular complexity index is 120. The Morgan fingerprint density at radius 1 is 1.78 bits per heavy atom. The van der Waals surface area contributed by atoms with Crippen molar-refractivity contribution in [3.63, 3.8) is 0 Å². The molecule has 0 fully saturated rings. The second-order valence-electron chi connectivity index (χ2n) is 2.35. The molecule has 0 radical (unpaired) electrons. The number of aliphatic hydroxyl groups is 1. The molecule has 2 heteroatoms. The molecule has 1 rings (SSSR count). The summed E-state index contributed by atoms with van der Waals surface area (Å²) in [6.45, 7) is 5.43. The van der Waals surface area contributed by atoms with Crippen LogP contribution in [0.1, 0.15) is 6.92 Å². The molecule has 0 amide bonds. The summed E-state index contributed by atoms with van der Waals surface area (Å²) in [5.41, 5.74) is 1.16. The fraction of sp³-hybridized carbons (Fsp3) is 0.714. The molecule has 0 aromatic rings. The Morgan fingerprint density at radius 2 is 2.56 bits per heavy atom. The van der Waals surface area contributed by atoms with Gasteiger partial charge in [-0.25, -0.2) is 0 Å². The minimum Gasteiger partial charge on any atom is -0.392 e. The average Bonchev–Trinajstić information content (AvgIpc) is 2.34. The zero-order valence-corrected chi connectivity index (χ0v) is 5.80. The molecule has 9 heavy (non-hydrogen) atoms. The first-order chi connectivity index (χ1) is 4.36. The molecule has 2 nitrogen and oxygen atoms in total. The van der Waals surface area contributed by atoms with E-state index in [9.17, 15) is 0 Å². The molecule has 1 N–H and O–H groups in total. The third kappa shape index (κ3) is 1.53. The molecule has 0 atom stereocenters. The lowest BCUT2D eigenvalue weighted by Crippen LogP contribution is -2.20. The van der Waals surface area contributed by atoms with Gasteiger partial charge in [-0.05, 0) is 12.1 Å². The first kappa shape index (κ1) is 6.78. The largest absolute Gasteiger partial charge is 0.392 e. The molecule has 52 valence electrons. The van der Waals surface area contributed by atoms with Gasteiger partial charge in [-0.2, -0.15) is 0 Å². The van der Waals surface area contributed by atoms with Gasteiger partial charge in [0.25, 0.3) is 0 Å². The minimum absolute atomic E-state index is 0.233. The Balaban J connectivity index is 2.31. The summed E-state index contributed by atoms with van der Waals surface area (Å²) >= 11 is 0. The van der Waals surface area contributed by atoms with Gasteiger partial charge in [0.2, 0.25) is 0 Å². The first-order valence-corrected chi connectivity index (χ1v) is 3.38. The van der Waals surface area contributed by atoms with Gasteiger partial charge in [-0.15, -0.1) is 0 Å². The number of nitrogens with zero attached hydrogens (tertiary/aromatic N) is 1. The number of likely N-dealkylation sites (N-methyl/N-ethyl adjacent to an activating group) is 1. The average molecular weight is 127 g/mol. The van der Waals surface area contributed by atoms with Crippen LogP contribution in [0.25, 0.3) is 0 Å². The lowest BCUT2D eigenvalue weighted by molar-refractivity contribution is 0.309. The van der Waals surface area contributed by atoms with Crippen molar-refractivity contribution in [3.8, 4) is 0 Å². The third-order valence-corrected chi connectivity index (χ3v) is 1.72. The van der Waals surface area contributed by atoms with E-state index in [-0.39, 0.29) is 6.61 Å². The van der Waals surface area contributed by atoms with Crippen molar-refractivity contribution in [2.75, 3.05) is 26.2 Å². The van der Waals surface area contributed by atoms with Crippen molar-refractivity contribution in [3.05, 3.63) is 11.6 Å². The monoisotopic (exact) mass is 127 g/mol. The highest BCUT2D eigenvalue weighted by Crippen LogP contribution is 2.06. The lowest BCUT2D eigenvalue weighted by Gasteiger charge is -2.10. The van der Waals surface area contributed by atoms with Crippen molar-refractivity contribution in [2.24, 2.45) is 0 Å². The Morgan fingerprint density at radius 3 is 2.89 bits per heavy atom. The third-order valence-electron chi connectivity index (χ3n) is 1.72. The van der Waals surface area contributed by atoms with Crippen LogP contribution in [-0.2, 0) is 0 Å². The van der Waals surface area contributed by atoms with Crippen LogP contribution in [-0.4, -0.2) is 36.2 Å². The van der Waals surface area contributed by atoms with E-state index in [4.69, 9.17) is 5.11 Å². The second kappa shape index (κ2) is 2.99. The molecule has 1 aliphatic heterocycles. The van der Waals surface area contributed by atoms with E-state index in [1.807, 2.05) is 0 Å². The predicted molar refractivity (Wildman–Crippen MR) is 37.3 cm³/mol. The van der Waals surface area contributed by atoms with Gasteiger partial charge < -0.3 is 5.11 Å². The molecule has 0 saturated heterocycles. The van der Waals surface area contributed by atoms with E-state index >= 15 is 0 Å². The van der Waals surface area contributed by atoms with Crippen LogP contribution in [0.2, 0.25) is 0 Å². The standard InChI is InChI=1S/C7H13NO/c1-2-8-4-3-7(5-8)6-9/h3,9H,2,4-6H2,1H3. The molecular weight excluding hydrogens is 114 g/mol. The lowest BCUT2D eigenvalue weighted by atomic mass is 10.3. The van der Waals surface area contributed by atoms with E-state index in [0.29, 0.717) is 0 Å². The maximum atomic E-state index is 8.68. The van der Waals surface area contributed by atoms with Gasteiger partial charge in [0.1, 0.15) is 0 Å². The molecule has 1 heterocycles. The molecule has 0 aliphatic carbocycles. The number of rotatable bonds is 2. The number of hydrogen-bond acceptors (Lipinski definition) is 2. The second-order valence-corrected chi connectivity index (χ2v) is 2.35. The smallest absolute Gasteiger partial charge is 0.0654 e. The van der Waals surface area contributed by atoms with Crippen LogP contribution in [0.5, 0.6) is 0 Å². The molecule has 0 unspecified atom stereocenters. The van der Waals surface area contributed by atoms with Crippen LogP contribution in [0.15, 0.2) is 11.6 Å². The van der Waals surface area contributed by atoms with E-state index in [1.54, 1.807) is 0 Å². The predicted octanol–water partition coefficient (Wildman–Crippen LogP) is 0.241. The summed E-state index contributed by atoms with van der Waals surface area (Å²) in [7, 11) is 0. The summed E-state index contributed by atoms with van der Waals surface area (Å²) in [6.07, 6.45) is 2.10. The van der Waals surface area contributed by atoms with Crippen molar-refractivity contribution in [2.45, 2.75) is 6.92 Å². The summed E-state index contributed by atoms with van der Waals surface area (Å²) < 4.78 is 0. The topological polar surface area (TPSA) is 23.5 Å². The van der Waals surface area contributed by atoms with Crippen LogP contribution in [0, 0.1) is 0 Å². The number of aliphatic hydroxyl groups excluding tert-OH is 1. The van der Waals surface area contributed by atoms with Crippen molar-refractivity contribution >= 4 is 0 Å². The van der Waals surface area contributed by atoms with Gasteiger partial charge in [0.05, 0.1) is 6.61 Å². The highest BCUT2D eigenvalue weighted by atomic mass is 16.3. The molecule has 0 bridgehead atoms. The van der Waals surface area contributed by atoms with Crippen LogP contribution < -0.4 is 0 Å². The fourth-order valence-corrected chi connectivity index (χ4v) is 1.03. The zero-order valence-electron chi connectivity index (χ0n) is 5.80. The summed E-state index contributed by atoms with van der Waals surface area (Å²) in [5.74, 6) is 0. The maximum absolute atomic E-state index is 8.68. The quantitative estimate of drug-likeness (QED) is 0.537. The summed E-state index contributed by atoms with van der Waals surface area (Å²) in [5, 5.41) is 8.68. The Kier molecular flexibility index (Phi) is 2.25. The van der Waals surface area contributed by atoms with Gasteiger partial charge in [-0.3, -0.25) is 4.90 Å². The molecular formula is C7H13NO. The number of hydrogen-bond donors (Lipinski definition) is 1. The Hall–Kier alpha value is -0.340. The molecule has 0 saturated carbocycles. The Labute approximate surface area is 55.8 Å². The minimum atomic E-state index is 0.233. The molecule has 1 aliphatic rings. The molecule has 0 aromatic carbocycles. The van der Waals surface area contributed by atoms with Gasteiger partial charge in [0, 0.05) is 13.1 Å². The summed E-state index contributed by atoms with van der Waals surface area (Å²) in [6, 6.07) is 0.